The predicted octanol–water partition coefficient (Wildman–Crippen LogP) is 3.62. The van der Waals surface area contributed by atoms with Crippen molar-refractivity contribution in [1.82, 2.24) is 0 Å². The lowest BCUT2D eigenvalue weighted by molar-refractivity contribution is 0.255. The van der Waals surface area contributed by atoms with Gasteiger partial charge in [0, 0.05) is 5.41 Å². The number of rotatable bonds is 1. The van der Waals surface area contributed by atoms with Crippen LogP contribution in [0.5, 0.6) is 0 Å². The number of allylic oxidation sites excluding steroid dienone is 3. The van der Waals surface area contributed by atoms with Crippen LogP contribution in [0.2, 0.25) is 0 Å². The summed E-state index contributed by atoms with van der Waals surface area (Å²) < 4.78 is 0. The van der Waals surface area contributed by atoms with E-state index in [4.69, 9.17) is 0 Å². The van der Waals surface area contributed by atoms with Gasteiger partial charge in [-0.2, -0.15) is 0 Å². The Morgan fingerprint density at radius 2 is 1.94 bits per heavy atom. The Kier molecular flexibility index (Phi) is 2.83. The van der Waals surface area contributed by atoms with Gasteiger partial charge < -0.3 is 5.11 Å². The van der Waals surface area contributed by atoms with Crippen molar-refractivity contribution >= 4 is 0 Å². The number of aliphatic hydroxyl groups is 1. The van der Waals surface area contributed by atoms with Crippen molar-refractivity contribution < 1.29 is 5.11 Å². The van der Waals surface area contributed by atoms with Crippen LogP contribution in [-0.2, 0) is 0 Å². The van der Waals surface area contributed by atoms with Crippen LogP contribution < -0.4 is 0 Å². The minimum Gasteiger partial charge on any atom is -0.385 e. The minimum atomic E-state index is -0.380. The highest BCUT2D eigenvalue weighted by Gasteiger charge is 2.43. The summed E-state index contributed by atoms with van der Waals surface area (Å²) >= 11 is 0. The highest BCUT2D eigenvalue weighted by atomic mass is 16.3. The van der Waals surface area contributed by atoms with E-state index in [-0.39, 0.29) is 11.5 Å². The highest BCUT2D eigenvalue weighted by Crippen LogP contribution is 2.54. The molecule has 1 fully saturated rings. The molecule has 0 aromatic heterocycles. The Morgan fingerprint density at radius 1 is 1.38 bits per heavy atom. The van der Waals surface area contributed by atoms with Gasteiger partial charge >= 0.3 is 0 Å². The van der Waals surface area contributed by atoms with Gasteiger partial charge in [-0.25, -0.2) is 0 Å². The molecule has 0 amide bonds. The molecule has 2 rings (SSSR count). The van der Waals surface area contributed by atoms with E-state index in [1.54, 1.807) is 0 Å². The number of hydrogen-bond acceptors (Lipinski definition) is 1. The van der Waals surface area contributed by atoms with Gasteiger partial charge in [-0.3, -0.25) is 0 Å². The van der Waals surface area contributed by atoms with Gasteiger partial charge in [-0.1, -0.05) is 35.5 Å². The van der Waals surface area contributed by atoms with E-state index in [1.165, 1.54) is 36.0 Å². The molecule has 1 saturated carbocycles. The Balaban J connectivity index is 2.30. The molecule has 1 spiro atoms. The topological polar surface area (TPSA) is 20.2 Å². The van der Waals surface area contributed by atoms with Crippen molar-refractivity contribution in [2.45, 2.75) is 46.1 Å². The molecule has 0 heterocycles. The van der Waals surface area contributed by atoms with E-state index >= 15 is 0 Å². The second-order valence-corrected chi connectivity index (χ2v) is 5.56. The van der Waals surface area contributed by atoms with Gasteiger partial charge in [-0.05, 0) is 46.0 Å². The van der Waals surface area contributed by atoms with Crippen LogP contribution in [0, 0.1) is 11.3 Å². The van der Waals surface area contributed by atoms with Crippen LogP contribution in [0.25, 0.3) is 0 Å². The molecule has 16 heavy (non-hydrogen) atoms. The Hall–Kier alpha value is -0.820. The highest BCUT2D eigenvalue weighted by molar-refractivity contribution is 5.37. The van der Waals surface area contributed by atoms with Crippen molar-refractivity contribution in [3.8, 4) is 0 Å². The maximum absolute atomic E-state index is 9.70. The van der Waals surface area contributed by atoms with E-state index in [1.807, 2.05) is 12.2 Å². The normalized spacial score (nSPS) is 38.5. The van der Waals surface area contributed by atoms with E-state index in [2.05, 4.69) is 27.4 Å². The third-order valence-corrected chi connectivity index (χ3v) is 4.56. The van der Waals surface area contributed by atoms with Crippen molar-refractivity contribution in [1.29, 1.82) is 0 Å². The van der Waals surface area contributed by atoms with Crippen molar-refractivity contribution in [2.75, 3.05) is 0 Å². The van der Waals surface area contributed by atoms with Crippen LogP contribution in [0.15, 0.2) is 35.5 Å². The maximum Gasteiger partial charge on any atom is 0.0908 e. The molecule has 1 atom stereocenters. The molecule has 0 saturated heterocycles. The molecule has 1 N–H and O–H groups in total. The van der Waals surface area contributed by atoms with Gasteiger partial charge in [0.15, 0.2) is 0 Å². The zero-order valence-electron chi connectivity index (χ0n) is 10.6. The molecule has 0 aromatic rings. The SMILES string of the molecule is C=C(C)C1CCC2(C1)C(C)=CC(O)C=C2C. The number of aliphatic hydroxyl groups excluding tert-OH is 1. The third-order valence-electron chi connectivity index (χ3n) is 4.56. The molecule has 1 nitrogen and oxygen atoms in total. The summed E-state index contributed by atoms with van der Waals surface area (Å²) in [5.41, 5.74) is 4.24. The lowest BCUT2D eigenvalue weighted by Gasteiger charge is -2.36. The lowest BCUT2D eigenvalue weighted by atomic mass is 9.69. The summed E-state index contributed by atoms with van der Waals surface area (Å²) in [6, 6.07) is 0. The zero-order chi connectivity index (χ0) is 11.9. The van der Waals surface area contributed by atoms with Crippen LogP contribution >= 0.6 is 0 Å². The molecule has 0 radical (unpaired) electrons. The summed E-state index contributed by atoms with van der Waals surface area (Å²) in [7, 11) is 0. The molecule has 88 valence electrons. The van der Waals surface area contributed by atoms with Crippen LogP contribution in [0.1, 0.15) is 40.0 Å². The van der Waals surface area contributed by atoms with E-state index < -0.39 is 0 Å². The van der Waals surface area contributed by atoms with Crippen molar-refractivity contribution in [2.24, 2.45) is 11.3 Å². The molecule has 2 aliphatic carbocycles. The Bertz CT molecular complexity index is 353. The molecular formula is C15H22O. The minimum absolute atomic E-state index is 0.225. The van der Waals surface area contributed by atoms with Gasteiger partial charge in [-0.15, -0.1) is 0 Å². The largest absolute Gasteiger partial charge is 0.385 e. The Morgan fingerprint density at radius 3 is 2.38 bits per heavy atom. The quantitative estimate of drug-likeness (QED) is 0.666. The molecule has 1 unspecified atom stereocenters. The summed E-state index contributed by atoms with van der Waals surface area (Å²) in [4.78, 5) is 0. The van der Waals surface area contributed by atoms with Crippen LogP contribution in [0.4, 0.5) is 0 Å². The molecule has 0 bridgehead atoms. The fourth-order valence-corrected chi connectivity index (χ4v) is 3.37. The van der Waals surface area contributed by atoms with Gasteiger partial charge in [0.05, 0.1) is 6.10 Å². The first-order valence-corrected chi connectivity index (χ1v) is 6.17. The monoisotopic (exact) mass is 218 g/mol. The average Bonchev–Trinajstić information content (AvgIpc) is 2.60. The maximum atomic E-state index is 9.70. The summed E-state index contributed by atoms with van der Waals surface area (Å²) in [5.74, 6) is 0.655. The third kappa shape index (κ3) is 1.67. The smallest absolute Gasteiger partial charge is 0.0908 e. The number of hydrogen-bond donors (Lipinski definition) is 1. The van der Waals surface area contributed by atoms with Crippen LogP contribution in [-0.4, -0.2) is 11.2 Å². The van der Waals surface area contributed by atoms with Crippen molar-refractivity contribution in [3.63, 3.8) is 0 Å². The van der Waals surface area contributed by atoms with E-state index in [9.17, 15) is 5.11 Å². The van der Waals surface area contributed by atoms with E-state index in [0.29, 0.717) is 5.92 Å². The summed E-state index contributed by atoms with van der Waals surface area (Å²) in [6.45, 7) is 10.6. The van der Waals surface area contributed by atoms with Gasteiger partial charge in [0.25, 0.3) is 0 Å². The van der Waals surface area contributed by atoms with Crippen LogP contribution in [0.3, 0.4) is 0 Å². The first-order chi connectivity index (χ1) is 7.45. The zero-order valence-corrected chi connectivity index (χ0v) is 10.6. The molecule has 1 heteroatoms. The Labute approximate surface area is 98.6 Å². The van der Waals surface area contributed by atoms with E-state index in [0.717, 1.165) is 0 Å². The summed E-state index contributed by atoms with van der Waals surface area (Å²) in [6.07, 6.45) is 7.26. The summed E-state index contributed by atoms with van der Waals surface area (Å²) in [5, 5.41) is 9.70. The molecule has 0 aliphatic heterocycles. The average molecular weight is 218 g/mol. The second kappa shape index (κ2) is 3.89. The first kappa shape index (κ1) is 11.7. The van der Waals surface area contributed by atoms with Gasteiger partial charge in [0.2, 0.25) is 0 Å². The van der Waals surface area contributed by atoms with Crippen molar-refractivity contribution in [3.05, 3.63) is 35.5 Å². The predicted molar refractivity (Wildman–Crippen MR) is 68.1 cm³/mol. The molecule has 0 aromatic carbocycles. The fraction of sp³-hybridized carbons (Fsp3) is 0.600. The lowest BCUT2D eigenvalue weighted by Crippen LogP contribution is -2.26. The molecular weight excluding hydrogens is 196 g/mol. The fourth-order valence-electron chi connectivity index (χ4n) is 3.37. The second-order valence-electron chi connectivity index (χ2n) is 5.56. The first-order valence-electron chi connectivity index (χ1n) is 6.17. The van der Waals surface area contributed by atoms with Gasteiger partial charge in [0.1, 0.15) is 0 Å². The standard InChI is InChI=1S/C15H22O/c1-10(2)13-5-6-15(9-13)11(3)7-14(16)8-12(15)4/h7-8,13-14,16H,1,5-6,9H2,2-4H3. The molecule has 2 aliphatic rings.